The van der Waals surface area contributed by atoms with Gasteiger partial charge in [-0.05, 0) is 48.5 Å². The second-order valence-corrected chi connectivity index (χ2v) is 13.2. The first-order valence-corrected chi connectivity index (χ1v) is 17.6. The van der Waals surface area contributed by atoms with Crippen LogP contribution < -0.4 is 0 Å². The third-order valence-corrected chi connectivity index (χ3v) is 10.2. The number of benzene rings is 6. The number of fused-ring (bicyclic) bond motifs is 6. The summed E-state index contributed by atoms with van der Waals surface area (Å²) in [6, 6.07) is 34.3. The quantitative estimate of drug-likeness (QED) is 0.0992. The standard InChI is InChI=1S/C45H22F5N7/c46-38-37(39(47)41(49)42(50)40(38)48)30-15-16-34(56-32-9-3-1-7-26(32)28-13-11-24(21-35(28)56)44-52-17-5-18-53-44)31(23-51)43(30)57-33-10-4-2-8-27(33)29-14-12-25(22-36(29)57)45-54-19-6-20-55-45/h1-22H. The maximum Gasteiger partial charge on any atom is 0.200 e. The molecule has 0 unspecified atom stereocenters. The molecule has 0 spiro atoms. The minimum atomic E-state index is -2.29. The van der Waals surface area contributed by atoms with E-state index in [1.165, 1.54) is 12.1 Å². The van der Waals surface area contributed by atoms with Crippen molar-refractivity contribution >= 4 is 43.6 Å². The normalized spacial score (nSPS) is 11.6. The first-order valence-electron chi connectivity index (χ1n) is 17.6. The Hall–Kier alpha value is -7.78. The Balaban J connectivity index is 1.39. The summed E-state index contributed by atoms with van der Waals surface area (Å²) in [6.07, 6.45) is 6.42. The Kier molecular flexibility index (Phi) is 7.65. The van der Waals surface area contributed by atoms with Crippen LogP contribution in [0.4, 0.5) is 22.0 Å². The van der Waals surface area contributed by atoms with Crippen LogP contribution in [-0.2, 0) is 0 Å². The van der Waals surface area contributed by atoms with E-state index in [2.05, 4.69) is 26.0 Å². The van der Waals surface area contributed by atoms with Crippen LogP contribution in [0.3, 0.4) is 0 Å². The van der Waals surface area contributed by atoms with E-state index in [4.69, 9.17) is 0 Å². The highest BCUT2D eigenvalue weighted by Gasteiger charge is 2.31. The topological polar surface area (TPSA) is 85.2 Å². The van der Waals surface area contributed by atoms with E-state index in [0.29, 0.717) is 55.6 Å². The molecule has 6 aromatic carbocycles. The van der Waals surface area contributed by atoms with Crippen molar-refractivity contribution < 1.29 is 22.0 Å². The fourth-order valence-corrected chi connectivity index (χ4v) is 7.77. The fraction of sp³-hybridized carbons (Fsp3) is 0. The maximum atomic E-state index is 16.0. The summed E-state index contributed by atoms with van der Waals surface area (Å²) in [5.74, 6) is -9.74. The van der Waals surface area contributed by atoms with Gasteiger partial charge in [0.05, 0.1) is 39.0 Å². The molecule has 4 aromatic heterocycles. The Morgan fingerprint density at radius 1 is 0.456 bits per heavy atom. The van der Waals surface area contributed by atoms with Gasteiger partial charge in [-0.3, -0.25) is 0 Å². The van der Waals surface area contributed by atoms with Crippen molar-refractivity contribution in [2.75, 3.05) is 0 Å². The Morgan fingerprint density at radius 3 is 1.44 bits per heavy atom. The first-order chi connectivity index (χ1) is 27.9. The summed E-state index contributed by atoms with van der Waals surface area (Å²) >= 11 is 0. The molecule has 57 heavy (non-hydrogen) atoms. The van der Waals surface area contributed by atoms with E-state index in [0.717, 1.165) is 10.8 Å². The van der Waals surface area contributed by atoms with Crippen LogP contribution in [0.1, 0.15) is 5.56 Å². The highest BCUT2D eigenvalue weighted by molar-refractivity contribution is 6.12. The highest BCUT2D eigenvalue weighted by atomic mass is 19.2. The van der Waals surface area contributed by atoms with Crippen LogP contribution in [0, 0.1) is 40.4 Å². The minimum absolute atomic E-state index is 0.107. The second-order valence-electron chi connectivity index (χ2n) is 13.2. The largest absolute Gasteiger partial charge is 0.308 e. The smallest absolute Gasteiger partial charge is 0.200 e. The molecule has 0 bridgehead atoms. The van der Waals surface area contributed by atoms with E-state index in [9.17, 15) is 9.65 Å². The van der Waals surface area contributed by atoms with E-state index in [1.807, 2.05) is 71.3 Å². The van der Waals surface area contributed by atoms with Gasteiger partial charge in [-0.2, -0.15) is 5.26 Å². The predicted molar refractivity (Wildman–Crippen MR) is 207 cm³/mol. The van der Waals surface area contributed by atoms with Crippen LogP contribution in [0.25, 0.3) is 88.9 Å². The van der Waals surface area contributed by atoms with Crippen molar-refractivity contribution in [2.24, 2.45) is 0 Å². The molecule has 0 aliphatic rings. The summed E-state index contributed by atoms with van der Waals surface area (Å²) in [7, 11) is 0. The molecule has 272 valence electrons. The number of nitriles is 1. The second kappa shape index (κ2) is 12.9. The molecule has 0 saturated carbocycles. The molecular weight excluding hydrogens is 734 g/mol. The summed E-state index contributed by atoms with van der Waals surface area (Å²) in [6.45, 7) is 0. The first kappa shape index (κ1) is 33.8. The zero-order chi connectivity index (χ0) is 38.9. The molecule has 10 rings (SSSR count). The van der Waals surface area contributed by atoms with Crippen LogP contribution in [0.2, 0.25) is 0 Å². The van der Waals surface area contributed by atoms with Crippen LogP contribution in [0.5, 0.6) is 0 Å². The average Bonchev–Trinajstić information content (AvgIpc) is 3.77. The highest BCUT2D eigenvalue weighted by Crippen LogP contribution is 2.44. The lowest BCUT2D eigenvalue weighted by Gasteiger charge is -2.21. The zero-order valence-corrected chi connectivity index (χ0v) is 29.2. The fourth-order valence-electron chi connectivity index (χ4n) is 7.77. The molecule has 0 aliphatic carbocycles. The third kappa shape index (κ3) is 5.02. The summed E-state index contributed by atoms with van der Waals surface area (Å²) in [5, 5.41) is 14.4. The van der Waals surface area contributed by atoms with Gasteiger partial charge in [0.15, 0.2) is 34.9 Å². The van der Waals surface area contributed by atoms with Gasteiger partial charge in [0, 0.05) is 63.0 Å². The number of para-hydroxylation sites is 2. The lowest BCUT2D eigenvalue weighted by molar-refractivity contribution is 0.381. The third-order valence-electron chi connectivity index (χ3n) is 10.2. The van der Waals surface area contributed by atoms with Crippen LogP contribution in [0.15, 0.2) is 134 Å². The zero-order valence-electron chi connectivity index (χ0n) is 29.2. The van der Waals surface area contributed by atoms with Crippen molar-refractivity contribution in [2.45, 2.75) is 0 Å². The number of hydrogen-bond donors (Lipinski definition) is 0. The molecular formula is C45H22F5N7. The van der Waals surface area contributed by atoms with E-state index in [1.54, 1.807) is 59.7 Å². The van der Waals surface area contributed by atoms with Crippen LogP contribution >= 0.6 is 0 Å². The molecule has 0 saturated heterocycles. The number of rotatable bonds is 5. The lowest BCUT2D eigenvalue weighted by atomic mass is 9.96. The Morgan fingerprint density at radius 2 is 0.912 bits per heavy atom. The average molecular weight is 756 g/mol. The van der Waals surface area contributed by atoms with Crippen molar-refractivity contribution in [1.29, 1.82) is 5.26 Å². The Bertz CT molecular complexity index is 3290. The van der Waals surface area contributed by atoms with Gasteiger partial charge in [0.2, 0.25) is 5.82 Å². The van der Waals surface area contributed by atoms with Crippen molar-refractivity contribution in [1.82, 2.24) is 29.1 Å². The van der Waals surface area contributed by atoms with E-state index in [-0.39, 0.29) is 16.9 Å². The molecule has 0 atom stereocenters. The summed E-state index contributed by atoms with van der Waals surface area (Å²) in [4.78, 5) is 17.6. The number of nitrogens with zero attached hydrogens (tertiary/aromatic N) is 7. The summed E-state index contributed by atoms with van der Waals surface area (Å²) in [5.41, 5.74) is 2.07. The summed E-state index contributed by atoms with van der Waals surface area (Å²) < 4.78 is 80.2. The minimum Gasteiger partial charge on any atom is -0.308 e. The van der Waals surface area contributed by atoms with Gasteiger partial charge < -0.3 is 9.13 Å². The number of hydrogen-bond acceptors (Lipinski definition) is 5. The van der Waals surface area contributed by atoms with Gasteiger partial charge in [0.1, 0.15) is 11.6 Å². The van der Waals surface area contributed by atoms with Gasteiger partial charge in [-0.25, -0.2) is 41.9 Å². The van der Waals surface area contributed by atoms with Crippen molar-refractivity contribution in [3.8, 4) is 51.3 Å². The van der Waals surface area contributed by atoms with Gasteiger partial charge in [-0.1, -0.05) is 60.7 Å². The van der Waals surface area contributed by atoms with Crippen molar-refractivity contribution in [3.63, 3.8) is 0 Å². The maximum absolute atomic E-state index is 16.0. The molecule has 0 amide bonds. The van der Waals surface area contributed by atoms with Gasteiger partial charge in [-0.15, -0.1) is 0 Å². The number of halogens is 5. The van der Waals surface area contributed by atoms with Gasteiger partial charge in [0.25, 0.3) is 0 Å². The SMILES string of the molecule is N#Cc1c(-n2c3ccccc3c3ccc(-c4ncccn4)cc32)ccc(-c2c(F)c(F)c(F)c(F)c2F)c1-n1c2ccccc2c2ccc(-c3ncccn3)cc21. The van der Waals surface area contributed by atoms with E-state index < -0.39 is 40.2 Å². The molecule has 0 N–H and O–H groups in total. The monoisotopic (exact) mass is 755 g/mol. The molecule has 7 nitrogen and oxygen atoms in total. The molecule has 0 radical (unpaired) electrons. The molecule has 10 aromatic rings. The molecule has 0 fully saturated rings. The molecule has 12 heteroatoms. The molecule has 0 aliphatic heterocycles. The van der Waals surface area contributed by atoms with Crippen molar-refractivity contribution in [3.05, 3.63) is 169 Å². The van der Waals surface area contributed by atoms with Crippen LogP contribution in [-0.4, -0.2) is 29.1 Å². The predicted octanol–water partition coefficient (Wildman–Crippen LogP) is 11.0. The lowest BCUT2D eigenvalue weighted by Crippen LogP contribution is -2.10. The Labute approximate surface area is 319 Å². The van der Waals surface area contributed by atoms with E-state index >= 15 is 17.6 Å². The van der Waals surface area contributed by atoms with Gasteiger partial charge >= 0.3 is 0 Å². The number of aromatic nitrogens is 6. The molecule has 4 heterocycles.